The van der Waals surface area contributed by atoms with Crippen LogP contribution >= 0.6 is 0 Å². The Hall–Kier alpha value is -5.90. The third-order valence-corrected chi connectivity index (χ3v) is 5.45. The molecule has 0 saturated heterocycles. The maximum Gasteiger partial charge on any atom is 0.269 e. The highest BCUT2D eigenvalue weighted by Gasteiger charge is 2.09. The second-order valence-electron chi connectivity index (χ2n) is 8.33. The van der Waals surface area contributed by atoms with Gasteiger partial charge in [-0.25, -0.2) is 0 Å². The summed E-state index contributed by atoms with van der Waals surface area (Å²) in [6, 6.07) is 32.7. The molecular weight excluding hydrogens is 516 g/mol. The maximum atomic E-state index is 10.8. The van der Waals surface area contributed by atoms with Gasteiger partial charge in [0.25, 0.3) is 11.4 Å². The van der Waals surface area contributed by atoms with E-state index in [1.54, 1.807) is 72.8 Å². The molecule has 0 saturated carbocycles. The summed E-state index contributed by atoms with van der Waals surface area (Å²) >= 11 is 0. The van der Waals surface area contributed by atoms with Crippen LogP contribution in [0, 0.1) is 20.2 Å². The van der Waals surface area contributed by atoms with Crippen molar-refractivity contribution in [3.05, 3.63) is 142 Å². The maximum absolute atomic E-state index is 10.8. The highest BCUT2D eigenvalue weighted by atomic mass is 16.6. The van der Waals surface area contributed by atoms with Gasteiger partial charge in [0.05, 0.1) is 9.85 Å². The molecule has 0 heterocycles. The van der Waals surface area contributed by atoms with Gasteiger partial charge in [0.1, 0.15) is 46.0 Å². The zero-order chi connectivity index (χ0) is 27.9. The zero-order valence-electron chi connectivity index (χ0n) is 20.7. The summed E-state index contributed by atoms with van der Waals surface area (Å²) in [7, 11) is 0. The van der Waals surface area contributed by atoms with E-state index in [1.165, 1.54) is 48.5 Å². The van der Waals surface area contributed by atoms with E-state index in [1.807, 2.05) is 0 Å². The number of nitro groups is 2. The van der Waals surface area contributed by atoms with E-state index in [4.69, 9.17) is 18.9 Å². The predicted molar refractivity (Wildman–Crippen MR) is 146 cm³/mol. The van der Waals surface area contributed by atoms with E-state index in [-0.39, 0.29) is 11.4 Å². The summed E-state index contributed by atoms with van der Waals surface area (Å²) in [4.78, 5) is 20.7. The van der Waals surface area contributed by atoms with Crippen molar-refractivity contribution in [2.75, 3.05) is 0 Å². The fourth-order valence-electron chi connectivity index (χ4n) is 3.62. The van der Waals surface area contributed by atoms with E-state index >= 15 is 0 Å². The van der Waals surface area contributed by atoms with E-state index in [0.29, 0.717) is 46.0 Å². The minimum absolute atomic E-state index is 0.0183. The van der Waals surface area contributed by atoms with Crippen molar-refractivity contribution < 1.29 is 28.8 Å². The van der Waals surface area contributed by atoms with Crippen LogP contribution in [0.3, 0.4) is 0 Å². The van der Waals surface area contributed by atoms with Gasteiger partial charge in [-0.05, 0) is 60.7 Å². The lowest BCUT2D eigenvalue weighted by Crippen LogP contribution is -1.90. The first-order valence-electron chi connectivity index (χ1n) is 11.9. The van der Waals surface area contributed by atoms with Gasteiger partial charge in [-0.3, -0.25) is 20.2 Å². The summed E-state index contributed by atoms with van der Waals surface area (Å²) < 4.78 is 23.6. The Morgan fingerprint density at radius 2 is 0.625 bits per heavy atom. The van der Waals surface area contributed by atoms with Crippen LogP contribution in [0.15, 0.2) is 121 Å². The molecule has 0 fully saturated rings. The third kappa shape index (κ3) is 6.69. The molecule has 10 nitrogen and oxygen atoms in total. The molecule has 40 heavy (non-hydrogen) atoms. The van der Waals surface area contributed by atoms with Crippen molar-refractivity contribution in [2.45, 2.75) is 0 Å². The molecule has 0 bridgehead atoms. The molecule has 0 atom stereocenters. The van der Waals surface area contributed by atoms with Crippen molar-refractivity contribution in [2.24, 2.45) is 0 Å². The molecule has 0 aliphatic rings. The van der Waals surface area contributed by atoms with Crippen LogP contribution in [0.2, 0.25) is 0 Å². The summed E-state index contributed by atoms with van der Waals surface area (Å²) in [5.41, 5.74) is -0.0365. The first-order valence-corrected chi connectivity index (χ1v) is 11.9. The van der Waals surface area contributed by atoms with Crippen molar-refractivity contribution in [3.63, 3.8) is 0 Å². The second kappa shape index (κ2) is 11.7. The number of ether oxygens (including phenoxy) is 4. The number of benzene rings is 5. The predicted octanol–water partition coefficient (Wildman–Crippen LogP) is 8.67. The topological polar surface area (TPSA) is 123 Å². The van der Waals surface area contributed by atoms with Crippen LogP contribution in [0.25, 0.3) is 0 Å². The standard InChI is InChI=1S/C30H20N2O8/c33-31(34)21-10-14-23(15-11-21)37-25-4-1-6-27(18-25)39-29-8-3-9-30(20-29)40-28-7-2-5-26(19-28)38-24-16-12-22(13-17-24)32(35)36/h1-20H. The molecule has 5 aromatic rings. The highest BCUT2D eigenvalue weighted by Crippen LogP contribution is 2.33. The second-order valence-corrected chi connectivity index (χ2v) is 8.33. The van der Waals surface area contributed by atoms with Gasteiger partial charge in [0, 0.05) is 42.5 Å². The number of non-ortho nitro benzene ring substituents is 2. The molecule has 0 aromatic heterocycles. The largest absolute Gasteiger partial charge is 0.457 e. The van der Waals surface area contributed by atoms with Gasteiger partial charge < -0.3 is 18.9 Å². The highest BCUT2D eigenvalue weighted by molar-refractivity contribution is 5.45. The lowest BCUT2D eigenvalue weighted by molar-refractivity contribution is -0.385. The van der Waals surface area contributed by atoms with Gasteiger partial charge in [-0.1, -0.05) is 18.2 Å². The average molecular weight is 536 g/mol. The lowest BCUT2D eigenvalue weighted by atomic mass is 10.3. The molecule has 0 radical (unpaired) electrons. The van der Waals surface area contributed by atoms with E-state index < -0.39 is 9.85 Å². The van der Waals surface area contributed by atoms with E-state index in [0.717, 1.165) is 0 Å². The van der Waals surface area contributed by atoms with E-state index in [2.05, 4.69) is 0 Å². The molecule has 0 spiro atoms. The van der Waals surface area contributed by atoms with Crippen LogP contribution in [0.1, 0.15) is 0 Å². The summed E-state index contributed by atoms with van der Waals surface area (Å²) in [5, 5.41) is 21.7. The fourth-order valence-corrected chi connectivity index (χ4v) is 3.62. The number of hydrogen-bond acceptors (Lipinski definition) is 8. The minimum atomic E-state index is -0.470. The van der Waals surface area contributed by atoms with Crippen molar-refractivity contribution in [1.29, 1.82) is 0 Å². The third-order valence-electron chi connectivity index (χ3n) is 5.45. The summed E-state index contributed by atoms with van der Waals surface area (Å²) in [6.45, 7) is 0. The fraction of sp³-hybridized carbons (Fsp3) is 0. The molecule has 0 amide bonds. The number of nitro benzene ring substituents is 2. The smallest absolute Gasteiger partial charge is 0.269 e. The van der Waals surface area contributed by atoms with E-state index in [9.17, 15) is 20.2 Å². The molecular formula is C30H20N2O8. The Kier molecular flexibility index (Phi) is 7.50. The Labute approximate surface area is 227 Å². The van der Waals surface area contributed by atoms with Gasteiger partial charge in [-0.2, -0.15) is 0 Å². The zero-order valence-corrected chi connectivity index (χ0v) is 20.7. The van der Waals surface area contributed by atoms with Crippen molar-refractivity contribution in [1.82, 2.24) is 0 Å². The normalized spacial score (nSPS) is 10.4. The van der Waals surface area contributed by atoms with Gasteiger partial charge >= 0.3 is 0 Å². The van der Waals surface area contributed by atoms with Crippen LogP contribution in [-0.2, 0) is 0 Å². The van der Waals surface area contributed by atoms with Crippen LogP contribution in [-0.4, -0.2) is 9.85 Å². The Bertz CT molecular complexity index is 1530. The summed E-state index contributed by atoms with van der Waals surface area (Å²) in [5.74, 6) is 4.03. The minimum Gasteiger partial charge on any atom is -0.457 e. The molecule has 0 N–H and O–H groups in total. The van der Waals surface area contributed by atoms with Gasteiger partial charge in [0.2, 0.25) is 0 Å². The molecule has 0 aliphatic heterocycles. The van der Waals surface area contributed by atoms with Crippen LogP contribution in [0.4, 0.5) is 11.4 Å². The van der Waals surface area contributed by atoms with Gasteiger partial charge in [0.15, 0.2) is 0 Å². The average Bonchev–Trinajstić information content (AvgIpc) is 2.94. The quantitative estimate of drug-likeness (QED) is 0.128. The molecule has 5 aromatic carbocycles. The Balaban J connectivity index is 1.23. The SMILES string of the molecule is O=[N+]([O-])c1ccc(Oc2cccc(Oc3cccc(Oc4cccc(Oc5ccc([N+](=O)[O-])cc5)c4)c3)c2)cc1. The van der Waals surface area contributed by atoms with Gasteiger partial charge in [-0.15, -0.1) is 0 Å². The van der Waals surface area contributed by atoms with Crippen LogP contribution in [0.5, 0.6) is 46.0 Å². The summed E-state index contributed by atoms with van der Waals surface area (Å²) in [6.07, 6.45) is 0. The molecule has 0 unspecified atom stereocenters. The lowest BCUT2D eigenvalue weighted by Gasteiger charge is -2.11. The molecule has 10 heteroatoms. The first kappa shape index (κ1) is 25.7. The Morgan fingerprint density at radius 1 is 0.375 bits per heavy atom. The number of hydrogen-bond donors (Lipinski definition) is 0. The Morgan fingerprint density at radius 3 is 0.875 bits per heavy atom. The molecule has 0 aliphatic carbocycles. The van der Waals surface area contributed by atoms with Crippen molar-refractivity contribution in [3.8, 4) is 46.0 Å². The van der Waals surface area contributed by atoms with Crippen molar-refractivity contribution >= 4 is 11.4 Å². The number of rotatable bonds is 10. The molecule has 198 valence electrons. The number of nitrogens with zero attached hydrogens (tertiary/aromatic N) is 2. The van der Waals surface area contributed by atoms with Crippen LogP contribution < -0.4 is 18.9 Å². The molecule has 5 rings (SSSR count). The monoisotopic (exact) mass is 536 g/mol. The first-order chi connectivity index (χ1) is 19.4.